The van der Waals surface area contributed by atoms with Gasteiger partial charge < -0.3 is 20.0 Å². The number of benzene rings is 1. The van der Waals surface area contributed by atoms with E-state index in [1.54, 1.807) is 19.1 Å². The first-order valence-electron chi connectivity index (χ1n) is 9.89. The average molecular weight is 438 g/mol. The van der Waals surface area contributed by atoms with E-state index < -0.39 is 27.7 Å². The van der Waals surface area contributed by atoms with Crippen LogP contribution in [0.5, 0.6) is 0 Å². The molecule has 0 unspecified atom stereocenters. The number of likely N-dealkylation sites (N-methyl/N-ethyl adjacent to an activating group) is 2. The summed E-state index contributed by atoms with van der Waals surface area (Å²) in [4.78, 5) is 41.3. The summed E-state index contributed by atoms with van der Waals surface area (Å²) in [6.45, 7) is 4.77. The Labute approximate surface area is 176 Å². The van der Waals surface area contributed by atoms with Crippen LogP contribution in [-0.4, -0.2) is 105 Å². The number of carbonyl (C=O) groups excluding carboxylic acids is 3. The van der Waals surface area contributed by atoms with Crippen molar-refractivity contribution in [1.29, 1.82) is 0 Å². The van der Waals surface area contributed by atoms with E-state index in [1.807, 2.05) is 7.05 Å². The Balaban J connectivity index is 1.64. The van der Waals surface area contributed by atoms with Crippen LogP contribution >= 0.6 is 0 Å². The molecule has 1 aromatic carbocycles. The lowest BCUT2D eigenvalue weighted by atomic mass is 10.2. The summed E-state index contributed by atoms with van der Waals surface area (Å²) in [6.07, 6.45) is 0. The molecule has 0 spiro atoms. The van der Waals surface area contributed by atoms with Crippen molar-refractivity contribution in [1.82, 2.24) is 19.0 Å². The van der Waals surface area contributed by atoms with E-state index in [1.165, 1.54) is 26.2 Å². The largest absolute Gasteiger partial charge is 0.333 e. The molecule has 2 fully saturated rings. The van der Waals surface area contributed by atoms with Gasteiger partial charge in [0.25, 0.3) is 0 Å². The van der Waals surface area contributed by atoms with Crippen molar-refractivity contribution in [3.63, 3.8) is 0 Å². The molecule has 10 nitrogen and oxygen atoms in total. The van der Waals surface area contributed by atoms with Crippen LogP contribution in [0.4, 0.5) is 5.69 Å². The monoisotopic (exact) mass is 437 g/mol. The summed E-state index contributed by atoms with van der Waals surface area (Å²) in [6, 6.07) is 6.05. The van der Waals surface area contributed by atoms with Gasteiger partial charge in [-0.25, -0.2) is 8.42 Å². The first kappa shape index (κ1) is 22.2. The van der Waals surface area contributed by atoms with Gasteiger partial charge >= 0.3 is 11.8 Å². The Morgan fingerprint density at radius 1 is 1.00 bits per heavy atom. The lowest BCUT2D eigenvalue weighted by Gasteiger charge is -2.32. The van der Waals surface area contributed by atoms with E-state index in [0.29, 0.717) is 45.0 Å². The Hall–Kier alpha value is -2.50. The third-order valence-corrected chi connectivity index (χ3v) is 7.23. The molecule has 0 saturated carbocycles. The molecule has 1 aromatic rings. The topological polar surface area (TPSA) is 110 Å². The molecule has 3 amide bonds. The van der Waals surface area contributed by atoms with Crippen LogP contribution < -0.4 is 5.32 Å². The summed E-state index contributed by atoms with van der Waals surface area (Å²) in [5.74, 6) is -1.81. The predicted octanol–water partition coefficient (Wildman–Crippen LogP) is -0.748. The van der Waals surface area contributed by atoms with Gasteiger partial charge in [0.05, 0.1) is 4.90 Å². The molecule has 2 aliphatic rings. The molecule has 0 radical (unpaired) electrons. The van der Waals surface area contributed by atoms with E-state index >= 15 is 0 Å². The first-order chi connectivity index (χ1) is 14.2. The van der Waals surface area contributed by atoms with E-state index in [2.05, 4.69) is 10.2 Å². The van der Waals surface area contributed by atoms with Gasteiger partial charge in [-0.3, -0.25) is 14.4 Å². The fourth-order valence-corrected chi connectivity index (χ4v) is 4.92. The highest BCUT2D eigenvalue weighted by Crippen LogP contribution is 2.21. The number of hydrogen-bond acceptors (Lipinski definition) is 6. The second-order valence-corrected chi connectivity index (χ2v) is 9.33. The Morgan fingerprint density at radius 3 is 2.30 bits per heavy atom. The first-order valence-corrected chi connectivity index (χ1v) is 11.3. The highest BCUT2D eigenvalue weighted by molar-refractivity contribution is 7.89. The van der Waals surface area contributed by atoms with Crippen LogP contribution in [0.3, 0.4) is 0 Å². The predicted molar refractivity (Wildman–Crippen MR) is 110 cm³/mol. The maximum atomic E-state index is 12.9. The molecule has 11 heteroatoms. The molecule has 0 atom stereocenters. The zero-order chi connectivity index (χ0) is 21.9. The smallest absolute Gasteiger partial charge is 0.312 e. The summed E-state index contributed by atoms with van der Waals surface area (Å²) < 4.78 is 27.2. The van der Waals surface area contributed by atoms with Gasteiger partial charge in [0.2, 0.25) is 15.9 Å². The van der Waals surface area contributed by atoms with Crippen molar-refractivity contribution in [3.8, 4) is 0 Å². The number of nitrogens with one attached hydrogen (secondary N) is 1. The van der Waals surface area contributed by atoms with Crippen molar-refractivity contribution in [2.24, 2.45) is 0 Å². The highest BCUT2D eigenvalue weighted by Gasteiger charge is 2.32. The Morgan fingerprint density at radius 2 is 1.63 bits per heavy atom. The number of carbonyl (C=O) groups is 3. The van der Waals surface area contributed by atoms with Gasteiger partial charge in [-0.15, -0.1) is 0 Å². The van der Waals surface area contributed by atoms with Crippen LogP contribution in [0, 0.1) is 0 Å². The fourth-order valence-electron chi connectivity index (χ4n) is 3.45. The lowest BCUT2D eigenvalue weighted by molar-refractivity contribution is -0.156. The normalized spacial score (nSPS) is 19.3. The minimum Gasteiger partial charge on any atom is -0.333 e. The zero-order valence-electron chi connectivity index (χ0n) is 17.2. The third kappa shape index (κ3) is 4.79. The fraction of sp³-hybridized carbons (Fsp3) is 0.526. The Kier molecular flexibility index (Phi) is 6.74. The quantitative estimate of drug-likeness (QED) is 0.587. The molecular weight excluding hydrogens is 410 g/mol. The van der Waals surface area contributed by atoms with Gasteiger partial charge in [-0.05, 0) is 32.2 Å². The highest BCUT2D eigenvalue weighted by atomic mass is 32.2. The molecule has 0 aromatic heterocycles. The lowest BCUT2D eigenvalue weighted by Crippen LogP contribution is -2.55. The van der Waals surface area contributed by atoms with Gasteiger partial charge in [-0.2, -0.15) is 4.31 Å². The number of hydrogen-bond donors (Lipinski definition) is 1. The molecule has 30 heavy (non-hydrogen) atoms. The van der Waals surface area contributed by atoms with Crippen molar-refractivity contribution in [2.45, 2.75) is 11.8 Å². The second-order valence-electron chi connectivity index (χ2n) is 7.39. The van der Waals surface area contributed by atoms with Crippen LogP contribution in [0.15, 0.2) is 29.2 Å². The standard InChI is InChI=1S/C19H27N5O5S/c1-3-22-9-10-23(19(27)18(22)26)14-17(25)20-15-5-4-6-16(13-15)30(28,29)24-11-7-21(2)8-12-24/h4-6,13H,3,7-12,14H2,1-2H3,(H,20,25). The van der Waals surface area contributed by atoms with Gasteiger partial charge in [0, 0.05) is 51.5 Å². The van der Waals surface area contributed by atoms with Gasteiger partial charge in [-0.1, -0.05) is 6.07 Å². The molecule has 1 N–H and O–H groups in total. The number of piperazine rings is 2. The number of anilines is 1. The molecule has 2 saturated heterocycles. The summed E-state index contributed by atoms with van der Waals surface area (Å²) in [5.41, 5.74) is 0.321. The maximum Gasteiger partial charge on any atom is 0.312 e. The van der Waals surface area contributed by atoms with Crippen LogP contribution in [0.1, 0.15) is 6.92 Å². The minimum atomic E-state index is -3.66. The molecule has 0 aliphatic carbocycles. The van der Waals surface area contributed by atoms with Crippen LogP contribution in [-0.2, 0) is 24.4 Å². The van der Waals surface area contributed by atoms with Crippen molar-refractivity contribution in [2.75, 3.05) is 64.7 Å². The summed E-state index contributed by atoms with van der Waals surface area (Å²) >= 11 is 0. The summed E-state index contributed by atoms with van der Waals surface area (Å²) in [5, 5.41) is 2.62. The van der Waals surface area contributed by atoms with E-state index in [-0.39, 0.29) is 18.0 Å². The average Bonchev–Trinajstić information content (AvgIpc) is 2.72. The maximum absolute atomic E-state index is 12.9. The number of sulfonamides is 1. The number of rotatable bonds is 6. The van der Waals surface area contributed by atoms with Gasteiger partial charge in [0.15, 0.2) is 0 Å². The zero-order valence-corrected chi connectivity index (χ0v) is 18.0. The third-order valence-electron chi connectivity index (χ3n) is 5.33. The van der Waals surface area contributed by atoms with Crippen molar-refractivity contribution >= 4 is 33.4 Å². The summed E-state index contributed by atoms with van der Waals surface area (Å²) in [7, 11) is -1.71. The molecule has 2 aliphatic heterocycles. The minimum absolute atomic E-state index is 0.104. The van der Waals surface area contributed by atoms with E-state index in [4.69, 9.17) is 0 Å². The van der Waals surface area contributed by atoms with Crippen LogP contribution in [0.2, 0.25) is 0 Å². The van der Waals surface area contributed by atoms with E-state index in [9.17, 15) is 22.8 Å². The van der Waals surface area contributed by atoms with E-state index in [0.717, 1.165) is 0 Å². The number of nitrogens with zero attached hydrogens (tertiary/aromatic N) is 4. The number of amides is 3. The van der Waals surface area contributed by atoms with Gasteiger partial charge in [0.1, 0.15) is 6.54 Å². The van der Waals surface area contributed by atoms with Crippen molar-refractivity contribution in [3.05, 3.63) is 24.3 Å². The SMILES string of the molecule is CCN1CCN(CC(=O)Nc2cccc(S(=O)(=O)N3CCN(C)CC3)c2)C(=O)C1=O. The molecule has 164 valence electrons. The van der Waals surface area contributed by atoms with Crippen molar-refractivity contribution < 1.29 is 22.8 Å². The Bertz CT molecular complexity index is 927. The molecule has 2 heterocycles. The molecule has 3 rings (SSSR count). The molecule has 0 bridgehead atoms. The second kappa shape index (κ2) is 9.11. The van der Waals surface area contributed by atoms with Crippen LogP contribution in [0.25, 0.3) is 0 Å². The molecular formula is C19H27N5O5S.